The number of esters is 1. The summed E-state index contributed by atoms with van der Waals surface area (Å²) in [6.07, 6.45) is 81.0. The van der Waals surface area contributed by atoms with E-state index in [9.17, 15) is 19.8 Å². The lowest BCUT2D eigenvalue weighted by Crippen LogP contribution is -2.45. The molecule has 0 aliphatic heterocycles. The molecular formula is C70H137NO5. The van der Waals surface area contributed by atoms with Crippen LogP contribution in [0.1, 0.15) is 399 Å². The zero-order valence-electron chi connectivity index (χ0n) is 51.8. The molecule has 0 aromatic rings. The summed E-state index contributed by atoms with van der Waals surface area (Å²) < 4.78 is 5.50. The maximum Gasteiger partial charge on any atom is 0.305 e. The van der Waals surface area contributed by atoms with Crippen LogP contribution >= 0.6 is 0 Å². The Morgan fingerprint density at radius 1 is 0.355 bits per heavy atom. The third-order valence-electron chi connectivity index (χ3n) is 16.6. The largest absolute Gasteiger partial charge is 0.466 e. The quantitative estimate of drug-likeness (QED) is 0.0320. The monoisotopic (exact) mass is 1070 g/mol. The van der Waals surface area contributed by atoms with E-state index in [0.717, 1.165) is 38.5 Å². The van der Waals surface area contributed by atoms with Crippen LogP contribution in [0.25, 0.3) is 0 Å². The summed E-state index contributed by atoms with van der Waals surface area (Å²) in [5, 5.41) is 23.4. The molecule has 452 valence electrons. The summed E-state index contributed by atoms with van der Waals surface area (Å²) >= 11 is 0. The minimum Gasteiger partial charge on any atom is -0.466 e. The summed E-state index contributed by atoms with van der Waals surface area (Å²) in [5.74, 6) is -0.0303. The molecule has 0 fully saturated rings. The smallest absolute Gasteiger partial charge is 0.305 e. The Labute approximate surface area is 476 Å². The van der Waals surface area contributed by atoms with Gasteiger partial charge in [0.15, 0.2) is 0 Å². The van der Waals surface area contributed by atoms with Crippen LogP contribution in [0.2, 0.25) is 0 Å². The normalized spacial score (nSPS) is 12.5. The van der Waals surface area contributed by atoms with Gasteiger partial charge in [0.1, 0.15) is 0 Å². The molecule has 0 bridgehead atoms. The van der Waals surface area contributed by atoms with Crippen molar-refractivity contribution in [3.63, 3.8) is 0 Å². The Bertz CT molecular complexity index is 1140. The summed E-state index contributed by atoms with van der Waals surface area (Å²) in [7, 11) is 0. The van der Waals surface area contributed by atoms with E-state index in [4.69, 9.17) is 4.74 Å². The molecule has 0 saturated carbocycles. The van der Waals surface area contributed by atoms with Crippen LogP contribution in [-0.2, 0) is 14.3 Å². The number of aliphatic hydroxyl groups is 2. The average Bonchev–Trinajstić information content (AvgIpc) is 3.42. The molecule has 0 rings (SSSR count). The van der Waals surface area contributed by atoms with Crippen LogP contribution in [0.5, 0.6) is 0 Å². The second-order valence-corrected chi connectivity index (χ2v) is 24.2. The maximum absolute atomic E-state index is 12.5. The first kappa shape index (κ1) is 74.6. The maximum atomic E-state index is 12.5. The highest BCUT2D eigenvalue weighted by atomic mass is 16.5. The highest BCUT2D eigenvalue weighted by molar-refractivity contribution is 5.76. The Balaban J connectivity index is 3.41. The fourth-order valence-electron chi connectivity index (χ4n) is 11.2. The van der Waals surface area contributed by atoms with Crippen molar-refractivity contribution in [3.05, 3.63) is 12.2 Å². The Morgan fingerprint density at radius 3 is 0.934 bits per heavy atom. The van der Waals surface area contributed by atoms with Crippen molar-refractivity contribution in [2.24, 2.45) is 0 Å². The SMILES string of the molecule is CCCCCCCCCCCCCCCCCCCCCCCCCC(O)C(CO)NC(=O)CCCCCCCCC/C=C\CCCCCCCCCCOC(=O)CCCCCCCCCCCCCCCCCCC. The topological polar surface area (TPSA) is 95.9 Å². The number of hydrogen-bond donors (Lipinski definition) is 3. The molecule has 2 atom stereocenters. The fraction of sp³-hybridized carbons (Fsp3) is 0.943. The third-order valence-corrected chi connectivity index (χ3v) is 16.6. The van der Waals surface area contributed by atoms with Gasteiger partial charge in [-0.25, -0.2) is 0 Å². The number of nitrogens with one attached hydrogen (secondary N) is 1. The van der Waals surface area contributed by atoms with E-state index in [1.165, 1.54) is 327 Å². The summed E-state index contributed by atoms with van der Waals surface area (Å²) in [6.45, 7) is 4.99. The molecule has 1 amide bonds. The van der Waals surface area contributed by atoms with Gasteiger partial charge in [-0.3, -0.25) is 9.59 Å². The lowest BCUT2D eigenvalue weighted by atomic mass is 10.0. The van der Waals surface area contributed by atoms with Crippen LogP contribution in [0.15, 0.2) is 12.2 Å². The number of ether oxygens (including phenoxy) is 1. The van der Waals surface area contributed by atoms with Crippen LogP contribution in [-0.4, -0.2) is 47.4 Å². The number of aliphatic hydroxyl groups excluding tert-OH is 2. The van der Waals surface area contributed by atoms with E-state index in [1.807, 2.05) is 0 Å². The molecule has 0 radical (unpaired) electrons. The van der Waals surface area contributed by atoms with Gasteiger partial charge < -0.3 is 20.3 Å². The molecule has 0 saturated heterocycles. The first-order chi connectivity index (χ1) is 37.5. The summed E-state index contributed by atoms with van der Waals surface area (Å²) in [4.78, 5) is 24.6. The predicted molar refractivity (Wildman–Crippen MR) is 333 cm³/mol. The average molecular weight is 1070 g/mol. The predicted octanol–water partition coefficient (Wildman–Crippen LogP) is 22.4. The molecule has 0 spiro atoms. The number of allylic oxidation sites excluding steroid dienone is 2. The van der Waals surface area contributed by atoms with E-state index >= 15 is 0 Å². The van der Waals surface area contributed by atoms with Gasteiger partial charge in [-0.05, 0) is 51.4 Å². The second kappa shape index (κ2) is 66.1. The van der Waals surface area contributed by atoms with Gasteiger partial charge in [-0.2, -0.15) is 0 Å². The van der Waals surface area contributed by atoms with Crippen LogP contribution in [0, 0.1) is 0 Å². The van der Waals surface area contributed by atoms with Crippen molar-refractivity contribution >= 4 is 11.9 Å². The standard InChI is InChI=1S/C70H137NO5/c1-3-5-7-9-11-13-15-17-19-21-22-23-24-25-27-31-34-38-42-46-50-54-58-62-68(73)67(66-72)71-69(74)63-59-55-51-47-43-39-35-32-28-26-29-33-37-41-45-49-53-57-61-65-76-70(75)64-60-56-52-48-44-40-36-30-20-18-16-14-12-10-8-6-4-2/h26,28,67-68,72-73H,3-25,27,29-66H2,1-2H3,(H,71,74)/b28-26-. The number of carbonyl (C=O) groups excluding carboxylic acids is 2. The lowest BCUT2D eigenvalue weighted by molar-refractivity contribution is -0.143. The van der Waals surface area contributed by atoms with E-state index in [-0.39, 0.29) is 18.5 Å². The number of unbranched alkanes of at least 4 members (excludes halogenated alkanes) is 53. The number of carbonyl (C=O) groups is 2. The Kier molecular flexibility index (Phi) is 64.9. The molecule has 0 aromatic carbocycles. The minimum absolute atomic E-state index is 0.00929. The molecule has 6 heteroatoms. The third kappa shape index (κ3) is 61.8. The minimum atomic E-state index is -0.671. The Morgan fingerprint density at radius 2 is 0.618 bits per heavy atom. The molecule has 3 N–H and O–H groups in total. The number of rotatable bonds is 66. The highest BCUT2D eigenvalue weighted by Gasteiger charge is 2.20. The van der Waals surface area contributed by atoms with E-state index in [0.29, 0.717) is 25.9 Å². The number of amides is 1. The highest BCUT2D eigenvalue weighted by Crippen LogP contribution is 2.19. The van der Waals surface area contributed by atoms with Crippen LogP contribution in [0.4, 0.5) is 0 Å². The van der Waals surface area contributed by atoms with E-state index in [2.05, 4.69) is 31.3 Å². The van der Waals surface area contributed by atoms with Gasteiger partial charge in [-0.1, -0.05) is 347 Å². The van der Waals surface area contributed by atoms with Gasteiger partial charge in [0.2, 0.25) is 5.91 Å². The van der Waals surface area contributed by atoms with Gasteiger partial charge in [0, 0.05) is 12.8 Å². The van der Waals surface area contributed by atoms with Crippen molar-refractivity contribution in [2.75, 3.05) is 13.2 Å². The van der Waals surface area contributed by atoms with Gasteiger partial charge in [0.05, 0.1) is 25.4 Å². The van der Waals surface area contributed by atoms with Crippen LogP contribution < -0.4 is 5.32 Å². The van der Waals surface area contributed by atoms with Crippen molar-refractivity contribution in [1.82, 2.24) is 5.32 Å². The van der Waals surface area contributed by atoms with Gasteiger partial charge in [0.25, 0.3) is 0 Å². The van der Waals surface area contributed by atoms with Crippen LogP contribution in [0.3, 0.4) is 0 Å². The van der Waals surface area contributed by atoms with E-state index < -0.39 is 12.1 Å². The molecule has 0 heterocycles. The molecule has 6 nitrogen and oxygen atoms in total. The molecule has 0 aliphatic carbocycles. The summed E-state index contributed by atoms with van der Waals surface area (Å²) in [6, 6.07) is -0.549. The second-order valence-electron chi connectivity index (χ2n) is 24.2. The van der Waals surface area contributed by atoms with E-state index in [1.54, 1.807) is 0 Å². The first-order valence-corrected chi connectivity index (χ1v) is 34.9. The molecular weight excluding hydrogens is 935 g/mol. The van der Waals surface area contributed by atoms with Crippen molar-refractivity contribution in [2.45, 2.75) is 411 Å². The fourth-order valence-corrected chi connectivity index (χ4v) is 11.2. The van der Waals surface area contributed by atoms with Crippen molar-refractivity contribution < 1.29 is 24.5 Å². The zero-order valence-corrected chi connectivity index (χ0v) is 51.8. The molecule has 76 heavy (non-hydrogen) atoms. The first-order valence-electron chi connectivity index (χ1n) is 34.9. The lowest BCUT2D eigenvalue weighted by Gasteiger charge is -2.22. The summed E-state index contributed by atoms with van der Waals surface area (Å²) in [5.41, 5.74) is 0. The molecule has 2 unspecified atom stereocenters. The van der Waals surface area contributed by atoms with Crippen molar-refractivity contribution in [3.8, 4) is 0 Å². The zero-order chi connectivity index (χ0) is 55.0. The molecule has 0 aromatic heterocycles. The van der Waals surface area contributed by atoms with Gasteiger partial charge >= 0.3 is 5.97 Å². The number of hydrogen-bond acceptors (Lipinski definition) is 5. The van der Waals surface area contributed by atoms with Gasteiger partial charge in [-0.15, -0.1) is 0 Å². The van der Waals surface area contributed by atoms with Crippen molar-refractivity contribution in [1.29, 1.82) is 0 Å². The molecule has 0 aliphatic rings. The Hall–Kier alpha value is -1.40.